The molecular weight excluding hydrogens is 331 g/mol. The van der Waals surface area contributed by atoms with Crippen LogP contribution < -0.4 is 10.9 Å². The molecule has 0 fully saturated rings. The highest BCUT2D eigenvalue weighted by Gasteiger charge is 2.30. The summed E-state index contributed by atoms with van der Waals surface area (Å²) in [5.74, 6) is -0.535. The van der Waals surface area contributed by atoms with E-state index in [0.29, 0.717) is 5.56 Å². The molecule has 2 aromatic rings. The zero-order chi connectivity index (χ0) is 17.2. The summed E-state index contributed by atoms with van der Waals surface area (Å²) in [6, 6.07) is 6.75. The summed E-state index contributed by atoms with van der Waals surface area (Å²) < 4.78 is 42.5. The van der Waals surface area contributed by atoms with Crippen molar-refractivity contribution in [3.63, 3.8) is 0 Å². The number of aryl methyl sites for hydroxylation is 2. The number of thioether (sulfide) groups is 1. The van der Waals surface area contributed by atoms with Gasteiger partial charge in [-0.2, -0.15) is 13.2 Å². The molecule has 1 N–H and O–H groups in total. The molecule has 2 rings (SSSR count). The fraction of sp³-hybridized carbons (Fsp3) is 0.200. The van der Waals surface area contributed by atoms with Crippen molar-refractivity contribution in [1.82, 2.24) is 0 Å². The maximum atomic E-state index is 12.6. The number of carbonyl (C=O) groups is 1. The number of benzene rings is 1. The summed E-state index contributed by atoms with van der Waals surface area (Å²) in [7, 11) is 0. The molecule has 1 amide bonds. The van der Waals surface area contributed by atoms with Gasteiger partial charge in [0, 0.05) is 11.0 Å². The minimum atomic E-state index is -4.47. The van der Waals surface area contributed by atoms with Crippen molar-refractivity contribution in [2.24, 2.45) is 0 Å². The van der Waals surface area contributed by atoms with Gasteiger partial charge in [-0.15, -0.1) is 0 Å². The second-order valence-electron chi connectivity index (χ2n) is 4.68. The van der Waals surface area contributed by atoms with Crippen LogP contribution in [0.1, 0.15) is 21.7 Å². The van der Waals surface area contributed by atoms with E-state index >= 15 is 0 Å². The molecule has 0 unspecified atom stereocenters. The minimum Gasteiger partial charge on any atom is -0.427 e. The summed E-state index contributed by atoms with van der Waals surface area (Å²) in [5.41, 5.74) is -4.52. The van der Waals surface area contributed by atoms with E-state index in [9.17, 15) is 22.8 Å². The molecule has 0 bridgehead atoms. The van der Waals surface area contributed by atoms with Crippen LogP contribution in [-0.4, -0.2) is 11.4 Å². The van der Waals surface area contributed by atoms with Crippen molar-refractivity contribution in [2.75, 3.05) is 5.32 Å². The highest BCUT2D eigenvalue weighted by molar-refractivity contribution is 8.00. The number of rotatable bonds is 3. The summed E-state index contributed by atoms with van der Waals surface area (Å²) in [6.07, 6.45) is 0. The van der Waals surface area contributed by atoms with Crippen LogP contribution in [0.4, 0.5) is 18.9 Å². The van der Waals surface area contributed by atoms with Gasteiger partial charge in [0.15, 0.2) is 0 Å². The normalized spacial score (nSPS) is 11.3. The van der Waals surface area contributed by atoms with Crippen molar-refractivity contribution in [3.8, 4) is 0 Å². The third-order valence-electron chi connectivity index (χ3n) is 2.92. The molecule has 0 spiro atoms. The summed E-state index contributed by atoms with van der Waals surface area (Å²) in [5, 5.41) is 2.43. The lowest BCUT2D eigenvalue weighted by atomic mass is 10.1. The third kappa shape index (κ3) is 4.38. The molecule has 23 heavy (non-hydrogen) atoms. The standard InChI is InChI=1S/C15H12F3NO3S/c1-8-7-12(20)22-9(2)13(8)14(21)19-10-5-3-4-6-11(10)23-15(16,17)18/h3-7H,1-2H3,(H,19,21). The number of para-hydroxylation sites is 1. The number of hydrogen-bond donors (Lipinski definition) is 1. The molecular formula is C15H12F3NO3S. The molecule has 0 aliphatic carbocycles. The van der Waals surface area contributed by atoms with Gasteiger partial charge in [-0.1, -0.05) is 12.1 Å². The number of anilines is 1. The Morgan fingerprint density at radius 3 is 2.48 bits per heavy atom. The first-order chi connectivity index (χ1) is 10.7. The molecule has 0 radical (unpaired) electrons. The Bertz CT molecular complexity index is 773. The summed E-state index contributed by atoms with van der Waals surface area (Å²) in [4.78, 5) is 23.4. The van der Waals surface area contributed by atoms with Crippen LogP contribution in [0.5, 0.6) is 0 Å². The van der Waals surface area contributed by atoms with E-state index < -0.39 is 17.0 Å². The average Bonchev–Trinajstić information content (AvgIpc) is 2.38. The van der Waals surface area contributed by atoms with Gasteiger partial charge in [0.1, 0.15) is 5.76 Å². The van der Waals surface area contributed by atoms with Gasteiger partial charge in [0.05, 0.1) is 11.3 Å². The molecule has 8 heteroatoms. The number of amides is 1. The lowest BCUT2D eigenvalue weighted by molar-refractivity contribution is -0.0328. The van der Waals surface area contributed by atoms with Crippen molar-refractivity contribution < 1.29 is 22.4 Å². The molecule has 0 atom stereocenters. The molecule has 0 saturated heterocycles. The number of carbonyl (C=O) groups excluding carboxylic acids is 1. The van der Waals surface area contributed by atoms with E-state index in [4.69, 9.17) is 4.42 Å². The topological polar surface area (TPSA) is 59.3 Å². The Morgan fingerprint density at radius 1 is 1.22 bits per heavy atom. The van der Waals surface area contributed by atoms with Gasteiger partial charge >= 0.3 is 11.1 Å². The van der Waals surface area contributed by atoms with Crippen LogP contribution in [0.3, 0.4) is 0 Å². The van der Waals surface area contributed by atoms with Crippen molar-refractivity contribution in [2.45, 2.75) is 24.3 Å². The second-order valence-corrected chi connectivity index (χ2v) is 5.78. The summed E-state index contributed by atoms with van der Waals surface area (Å²) >= 11 is -0.313. The Kier molecular flexibility index (Phi) is 4.84. The third-order valence-corrected chi connectivity index (χ3v) is 3.73. The zero-order valence-corrected chi connectivity index (χ0v) is 13.0. The maximum Gasteiger partial charge on any atom is 0.446 e. The molecule has 4 nitrogen and oxygen atoms in total. The van der Waals surface area contributed by atoms with E-state index in [1.165, 1.54) is 31.2 Å². The van der Waals surface area contributed by atoms with Crippen LogP contribution in [-0.2, 0) is 0 Å². The van der Waals surface area contributed by atoms with Crippen LogP contribution in [0.15, 0.2) is 44.4 Å². The molecule has 1 aromatic carbocycles. The van der Waals surface area contributed by atoms with Crippen molar-refractivity contribution >= 4 is 23.4 Å². The Balaban J connectivity index is 2.34. The predicted octanol–water partition coefficient (Wildman–Crippen LogP) is 4.12. The lowest BCUT2D eigenvalue weighted by Gasteiger charge is -2.13. The predicted molar refractivity (Wildman–Crippen MR) is 80.8 cm³/mol. The molecule has 122 valence electrons. The minimum absolute atomic E-state index is 0.0322. The smallest absolute Gasteiger partial charge is 0.427 e. The van der Waals surface area contributed by atoms with E-state index in [1.54, 1.807) is 6.92 Å². The van der Waals surface area contributed by atoms with E-state index in [-0.39, 0.29) is 33.7 Å². The average molecular weight is 343 g/mol. The molecule has 1 heterocycles. The van der Waals surface area contributed by atoms with Gasteiger partial charge in [-0.05, 0) is 43.3 Å². The lowest BCUT2D eigenvalue weighted by Crippen LogP contribution is -2.18. The Morgan fingerprint density at radius 2 is 1.87 bits per heavy atom. The van der Waals surface area contributed by atoms with E-state index in [2.05, 4.69) is 5.32 Å². The number of nitrogens with one attached hydrogen (secondary N) is 1. The quantitative estimate of drug-likeness (QED) is 0.852. The summed E-state index contributed by atoms with van der Waals surface area (Å²) in [6.45, 7) is 2.99. The van der Waals surface area contributed by atoms with Crippen molar-refractivity contribution in [1.29, 1.82) is 0 Å². The van der Waals surface area contributed by atoms with Gasteiger partial charge < -0.3 is 9.73 Å². The highest BCUT2D eigenvalue weighted by atomic mass is 32.2. The van der Waals surface area contributed by atoms with Crippen LogP contribution in [0.25, 0.3) is 0 Å². The Hall–Kier alpha value is -2.22. The SMILES string of the molecule is Cc1cc(=O)oc(C)c1C(=O)Nc1ccccc1SC(F)(F)F. The van der Waals surface area contributed by atoms with Crippen LogP contribution in [0, 0.1) is 13.8 Å². The zero-order valence-electron chi connectivity index (χ0n) is 12.2. The molecule has 0 saturated carbocycles. The van der Waals surface area contributed by atoms with Crippen LogP contribution >= 0.6 is 11.8 Å². The maximum absolute atomic E-state index is 12.6. The number of halogens is 3. The van der Waals surface area contributed by atoms with E-state index in [0.717, 1.165) is 6.07 Å². The van der Waals surface area contributed by atoms with Crippen molar-refractivity contribution in [3.05, 3.63) is 57.6 Å². The number of alkyl halides is 3. The fourth-order valence-electron chi connectivity index (χ4n) is 2.07. The van der Waals surface area contributed by atoms with Gasteiger partial charge in [0.2, 0.25) is 0 Å². The first-order valence-electron chi connectivity index (χ1n) is 6.45. The van der Waals surface area contributed by atoms with Gasteiger partial charge in [-0.3, -0.25) is 4.79 Å². The molecule has 1 aromatic heterocycles. The largest absolute Gasteiger partial charge is 0.446 e. The van der Waals surface area contributed by atoms with Gasteiger partial charge in [-0.25, -0.2) is 4.79 Å². The van der Waals surface area contributed by atoms with E-state index in [1.807, 2.05) is 0 Å². The molecule has 0 aliphatic heterocycles. The second kappa shape index (κ2) is 6.49. The highest BCUT2D eigenvalue weighted by Crippen LogP contribution is 2.40. The Labute approximate surface area is 133 Å². The first kappa shape index (κ1) is 17.1. The first-order valence-corrected chi connectivity index (χ1v) is 7.26. The monoisotopic (exact) mass is 343 g/mol. The van der Waals surface area contributed by atoms with Gasteiger partial charge in [0.25, 0.3) is 5.91 Å². The fourth-order valence-corrected chi connectivity index (χ4v) is 2.69. The van der Waals surface area contributed by atoms with Crippen LogP contribution in [0.2, 0.25) is 0 Å². The number of hydrogen-bond acceptors (Lipinski definition) is 4. The molecule has 0 aliphatic rings.